The molecule has 0 radical (unpaired) electrons. The van der Waals surface area contributed by atoms with E-state index in [0.717, 1.165) is 31.2 Å². The van der Waals surface area contributed by atoms with Crippen LogP contribution >= 0.6 is 0 Å². The van der Waals surface area contributed by atoms with E-state index in [-0.39, 0.29) is 6.10 Å². The van der Waals surface area contributed by atoms with Crippen molar-refractivity contribution in [2.75, 3.05) is 26.7 Å². The normalized spacial score (nSPS) is 28.3. The smallest absolute Gasteiger partial charge is 0.158 e. The topological polar surface area (TPSA) is 50.3 Å². The first-order valence-corrected chi connectivity index (χ1v) is 6.69. The molecule has 1 N–H and O–H groups in total. The fraction of sp³-hybridized carbons (Fsp3) is 0.692. The molecule has 3 rings (SSSR count). The second-order valence-electron chi connectivity index (χ2n) is 5.05. The van der Waals surface area contributed by atoms with Crippen LogP contribution in [0.3, 0.4) is 0 Å². The number of hydrogen-bond acceptors (Lipinski definition) is 5. The van der Waals surface area contributed by atoms with E-state index in [1.165, 1.54) is 19.4 Å². The van der Waals surface area contributed by atoms with E-state index in [1.807, 2.05) is 19.3 Å². The number of aromatic nitrogens is 2. The van der Waals surface area contributed by atoms with Gasteiger partial charge in [-0.2, -0.15) is 0 Å². The molecular weight excluding hydrogens is 228 g/mol. The lowest BCUT2D eigenvalue weighted by Gasteiger charge is -2.34. The van der Waals surface area contributed by atoms with Crippen LogP contribution in [-0.4, -0.2) is 47.7 Å². The van der Waals surface area contributed by atoms with Crippen molar-refractivity contribution < 1.29 is 4.74 Å². The predicted molar refractivity (Wildman–Crippen MR) is 68.1 cm³/mol. The van der Waals surface area contributed by atoms with Crippen molar-refractivity contribution >= 4 is 0 Å². The summed E-state index contributed by atoms with van der Waals surface area (Å²) in [5, 5.41) is 3.11. The Bertz CT molecular complexity index is 412. The first-order valence-electron chi connectivity index (χ1n) is 6.69. The predicted octanol–water partition coefficient (Wildman–Crippen LogP) is 0.732. The van der Waals surface area contributed by atoms with E-state index in [1.54, 1.807) is 0 Å². The standard InChI is InChI=1S/C13H20N4O/c1-14-7-10-4-5-15-13(16-10)12-8-17-6-2-3-11(17)9-18-12/h4-5,11-12,14H,2-3,6-9H2,1H3. The van der Waals surface area contributed by atoms with E-state index in [0.29, 0.717) is 6.04 Å². The molecule has 2 aliphatic heterocycles. The van der Waals surface area contributed by atoms with Gasteiger partial charge in [0, 0.05) is 25.3 Å². The van der Waals surface area contributed by atoms with Crippen LogP contribution < -0.4 is 5.32 Å². The molecule has 1 aromatic heterocycles. The van der Waals surface area contributed by atoms with Crippen LogP contribution in [0.15, 0.2) is 12.3 Å². The maximum Gasteiger partial charge on any atom is 0.158 e. The van der Waals surface area contributed by atoms with Crippen LogP contribution in [0.25, 0.3) is 0 Å². The summed E-state index contributed by atoms with van der Waals surface area (Å²) in [7, 11) is 1.92. The maximum atomic E-state index is 5.92. The molecule has 1 aromatic rings. The van der Waals surface area contributed by atoms with Gasteiger partial charge >= 0.3 is 0 Å². The molecule has 98 valence electrons. The second-order valence-corrected chi connectivity index (χ2v) is 5.05. The van der Waals surface area contributed by atoms with Crippen LogP contribution in [0.2, 0.25) is 0 Å². The minimum atomic E-state index is 0.0381. The fourth-order valence-corrected chi connectivity index (χ4v) is 2.82. The molecule has 2 fully saturated rings. The average molecular weight is 248 g/mol. The Labute approximate surface area is 108 Å². The lowest BCUT2D eigenvalue weighted by atomic mass is 10.2. The zero-order valence-electron chi connectivity index (χ0n) is 10.8. The lowest BCUT2D eigenvalue weighted by Crippen LogP contribution is -2.42. The summed E-state index contributed by atoms with van der Waals surface area (Å²) in [6, 6.07) is 2.57. The Morgan fingerprint density at radius 3 is 3.39 bits per heavy atom. The van der Waals surface area contributed by atoms with Gasteiger partial charge in [0.15, 0.2) is 5.82 Å². The van der Waals surface area contributed by atoms with E-state index >= 15 is 0 Å². The maximum absolute atomic E-state index is 5.92. The van der Waals surface area contributed by atoms with E-state index < -0.39 is 0 Å². The zero-order valence-corrected chi connectivity index (χ0v) is 10.8. The SMILES string of the molecule is CNCc1ccnc(C2CN3CCCC3CO2)n1. The molecule has 0 bridgehead atoms. The van der Waals surface area contributed by atoms with Crippen LogP contribution in [-0.2, 0) is 11.3 Å². The summed E-state index contributed by atoms with van der Waals surface area (Å²) in [6.07, 6.45) is 4.43. The Hall–Kier alpha value is -1.04. The zero-order chi connectivity index (χ0) is 12.4. The molecule has 5 nitrogen and oxygen atoms in total. The molecule has 3 heterocycles. The van der Waals surface area contributed by atoms with Gasteiger partial charge in [0.2, 0.25) is 0 Å². The van der Waals surface area contributed by atoms with Crippen molar-refractivity contribution in [1.82, 2.24) is 20.2 Å². The molecule has 2 saturated heterocycles. The van der Waals surface area contributed by atoms with E-state index in [4.69, 9.17) is 4.74 Å². The van der Waals surface area contributed by atoms with Crippen molar-refractivity contribution in [2.24, 2.45) is 0 Å². The number of fused-ring (bicyclic) bond motifs is 1. The van der Waals surface area contributed by atoms with Crippen molar-refractivity contribution in [3.05, 3.63) is 23.8 Å². The quantitative estimate of drug-likeness (QED) is 0.854. The molecule has 0 saturated carbocycles. The highest BCUT2D eigenvalue weighted by Crippen LogP contribution is 2.28. The van der Waals surface area contributed by atoms with Gasteiger partial charge in [-0.25, -0.2) is 9.97 Å². The summed E-state index contributed by atoms with van der Waals surface area (Å²) < 4.78 is 5.92. The van der Waals surface area contributed by atoms with Crippen molar-refractivity contribution in [3.63, 3.8) is 0 Å². The van der Waals surface area contributed by atoms with Gasteiger partial charge in [-0.1, -0.05) is 0 Å². The molecule has 0 amide bonds. The average Bonchev–Trinajstić information content (AvgIpc) is 2.86. The third-order valence-electron chi connectivity index (χ3n) is 3.77. The summed E-state index contributed by atoms with van der Waals surface area (Å²) in [5.74, 6) is 0.827. The molecule has 2 atom stereocenters. The van der Waals surface area contributed by atoms with Gasteiger partial charge in [0.25, 0.3) is 0 Å². The monoisotopic (exact) mass is 248 g/mol. The molecule has 18 heavy (non-hydrogen) atoms. The first-order chi connectivity index (χ1) is 8.86. The lowest BCUT2D eigenvalue weighted by molar-refractivity contribution is -0.0542. The molecule has 2 unspecified atom stereocenters. The third-order valence-corrected chi connectivity index (χ3v) is 3.77. The van der Waals surface area contributed by atoms with Crippen LogP contribution in [0, 0.1) is 0 Å². The fourth-order valence-electron chi connectivity index (χ4n) is 2.82. The Balaban J connectivity index is 1.72. The van der Waals surface area contributed by atoms with E-state index in [2.05, 4.69) is 20.2 Å². The number of ether oxygens (including phenoxy) is 1. The van der Waals surface area contributed by atoms with Gasteiger partial charge in [0.1, 0.15) is 6.10 Å². The number of hydrogen-bond donors (Lipinski definition) is 1. The van der Waals surface area contributed by atoms with Gasteiger partial charge in [-0.3, -0.25) is 4.90 Å². The third kappa shape index (κ3) is 2.39. The van der Waals surface area contributed by atoms with Gasteiger partial charge in [-0.15, -0.1) is 0 Å². The van der Waals surface area contributed by atoms with Crippen molar-refractivity contribution in [2.45, 2.75) is 31.5 Å². The minimum Gasteiger partial charge on any atom is -0.367 e. The van der Waals surface area contributed by atoms with E-state index in [9.17, 15) is 0 Å². The minimum absolute atomic E-state index is 0.0381. The van der Waals surface area contributed by atoms with Crippen LogP contribution in [0.1, 0.15) is 30.5 Å². The number of nitrogens with one attached hydrogen (secondary N) is 1. The molecule has 0 aromatic carbocycles. The first kappa shape index (κ1) is 12.0. The van der Waals surface area contributed by atoms with Gasteiger partial charge in [0.05, 0.1) is 12.3 Å². The van der Waals surface area contributed by atoms with Crippen molar-refractivity contribution in [3.8, 4) is 0 Å². The summed E-state index contributed by atoms with van der Waals surface area (Å²) in [6.45, 7) is 3.73. The Kier molecular flexibility index (Phi) is 3.54. The summed E-state index contributed by atoms with van der Waals surface area (Å²) in [4.78, 5) is 11.5. The highest BCUT2D eigenvalue weighted by atomic mass is 16.5. The second kappa shape index (κ2) is 5.30. The molecule has 5 heteroatoms. The van der Waals surface area contributed by atoms with Crippen molar-refractivity contribution in [1.29, 1.82) is 0 Å². The Morgan fingerprint density at radius 2 is 2.50 bits per heavy atom. The largest absolute Gasteiger partial charge is 0.367 e. The van der Waals surface area contributed by atoms with Crippen LogP contribution in [0.5, 0.6) is 0 Å². The number of nitrogens with zero attached hydrogens (tertiary/aromatic N) is 3. The summed E-state index contributed by atoms with van der Waals surface area (Å²) >= 11 is 0. The Morgan fingerprint density at radius 1 is 1.56 bits per heavy atom. The van der Waals surface area contributed by atoms with Crippen LogP contribution in [0.4, 0.5) is 0 Å². The molecule has 0 spiro atoms. The molecule has 0 aliphatic carbocycles. The molecular formula is C13H20N4O. The molecule has 2 aliphatic rings. The van der Waals surface area contributed by atoms with Gasteiger partial charge < -0.3 is 10.1 Å². The highest BCUT2D eigenvalue weighted by Gasteiger charge is 2.33. The highest BCUT2D eigenvalue weighted by molar-refractivity contribution is 5.05. The summed E-state index contributed by atoms with van der Waals surface area (Å²) in [5.41, 5.74) is 1.02. The van der Waals surface area contributed by atoms with Gasteiger partial charge in [-0.05, 0) is 32.5 Å². The number of rotatable bonds is 3. The number of morpholine rings is 1.